The summed E-state index contributed by atoms with van der Waals surface area (Å²) in [5, 5.41) is 3.42. The highest BCUT2D eigenvalue weighted by Gasteiger charge is 2.09. The molecule has 1 aromatic carbocycles. The SMILES string of the molecule is CN(Cl)c1cccc(CNc2cc(Cl)ncc2C(N)=O)c1. The van der Waals surface area contributed by atoms with Crippen molar-refractivity contribution in [3.63, 3.8) is 0 Å². The van der Waals surface area contributed by atoms with Crippen molar-refractivity contribution in [1.82, 2.24) is 4.98 Å². The Hall–Kier alpha value is -1.98. The average Bonchev–Trinajstić information content (AvgIpc) is 2.45. The second-order valence-electron chi connectivity index (χ2n) is 4.42. The van der Waals surface area contributed by atoms with Crippen LogP contribution in [0.2, 0.25) is 5.15 Å². The van der Waals surface area contributed by atoms with E-state index in [1.807, 2.05) is 24.3 Å². The van der Waals surface area contributed by atoms with E-state index in [9.17, 15) is 4.79 Å². The Morgan fingerprint density at radius 3 is 2.86 bits per heavy atom. The van der Waals surface area contributed by atoms with E-state index in [2.05, 4.69) is 10.3 Å². The highest BCUT2D eigenvalue weighted by Crippen LogP contribution is 2.21. The minimum atomic E-state index is -0.559. The normalized spacial score (nSPS) is 10.2. The summed E-state index contributed by atoms with van der Waals surface area (Å²) in [7, 11) is 1.75. The van der Waals surface area contributed by atoms with Gasteiger partial charge in [0.15, 0.2) is 0 Å². The highest BCUT2D eigenvalue weighted by molar-refractivity contribution is 6.29. The number of halogens is 2. The molecule has 0 aliphatic carbocycles. The molecule has 110 valence electrons. The first-order valence-corrected chi connectivity index (χ1v) is 6.86. The fourth-order valence-electron chi connectivity index (χ4n) is 1.83. The maximum atomic E-state index is 11.4. The Morgan fingerprint density at radius 1 is 1.43 bits per heavy atom. The Bertz CT molecular complexity index is 661. The van der Waals surface area contributed by atoms with Gasteiger partial charge in [-0.15, -0.1) is 0 Å². The van der Waals surface area contributed by atoms with Gasteiger partial charge in [-0.3, -0.25) is 9.21 Å². The number of amides is 1. The van der Waals surface area contributed by atoms with E-state index in [0.717, 1.165) is 11.3 Å². The molecule has 21 heavy (non-hydrogen) atoms. The van der Waals surface area contributed by atoms with Gasteiger partial charge in [-0.05, 0) is 23.8 Å². The number of pyridine rings is 1. The van der Waals surface area contributed by atoms with Gasteiger partial charge >= 0.3 is 0 Å². The predicted molar refractivity (Wildman–Crippen MR) is 85.8 cm³/mol. The van der Waals surface area contributed by atoms with Crippen LogP contribution in [0, 0.1) is 0 Å². The molecule has 2 aromatic rings. The van der Waals surface area contributed by atoms with Crippen LogP contribution in [0.5, 0.6) is 0 Å². The first kappa shape index (κ1) is 15.4. The number of benzene rings is 1. The van der Waals surface area contributed by atoms with Crippen molar-refractivity contribution in [2.24, 2.45) is 5.73 Å². The minimum Gasteiger partial charge on any atom is -0.380 e. The molecule has 0 saturated heterocycles. The third-order valence-electron chi connectivity index (χ3n) is 2.89. The van der Waals surface area contributed by atoms with Gasteiger partial charge in [0.05, 0.1) is 16.9 Å². The third-order valence-corrected chi connectivity index (χ3v) is 3.29. The number of nitrogens with one attached hydrogen (secondary N) is 1. The van der Waals surface area contributed by atoms with Gasteiger partial charge in [0.2, 0.25) is 0 Å². The van der Waals surface area contributed by atoms with Crippen LogP contribution in [0.4, 0.5) is 11.4 Å². The average molecular weight is 325 g/mol. The van der Waals surface area contributed by atoms with Gasteiger partial charge in [-0.25, -0.2) is 4.98 Å². The number of aromatic nitrogens is 1. The Morgan fingerprint density at radius 2 is 2.19 bits per heavy atom. The number of hydrogen-bond donors (Lipinski definition) is 2. The van der Waals surface area contributed by atoms with Crippen LogP contribution >= 0.6 is 23.4 Å². The lowest BCUT2D eigenvalue weighted by atomic mass is 10.1. The van der Waals surface area contributed by atoms with Gasteiger partial charge in [0, 0.05) is 31.6 Å². The molecule has 2 rings (SSSR count). The van der Waals surface area contributed by atoms with E-state index in [4.69, 9.17) is 29.1 Å². The first-order valence-electron chi connectivity index (χ1n) is 6.15. The number of primary amides is 1. The minimum absolute atomic E-state index is 0.289. The molecule has 0 saturated carbocycles. The van der Waals surface area contributed by atoms with E-state index in [1.165, 1.54) is 10.6 Å². The van der Waals surface area contributed by atoms with E-state index >= 15 is 0 Å². The molecule has 7 heteroatoms. The van der Waals surface area contributed by atoms with Gasteiger partial charge in [0.1, 0.15) is 5.15 Å². The Balaban J connectivity index is 2.18. The number of carbonyl (C=O) groups is 1. The summed E-state index contributed by atoms with van der Waals surface area (Å²) in [5.41, 5.74) is 8.03. The quantitative estimate of drug-likeness (QED) is 0.655. The maximum Gasteiger partial charge on any atom is 0.252 e. The molecular formula is C14H14Cl2N4O. The smallest absolute Gasteiger partial charge is 0.252 e. The molecule has 0 aliphatic heterocycles. The van der Waals surface area contributed by atoms with Crippen molar-refractivity contribution in [1.29, 1.82) is 0 Å². The van der Waals surface area contributed by atoms with Gasteiger partial charge in [-0.2, -0.15) is 0 Å². The van der Waals surface area contributed by atoms with Crippen molar-refractivity contribution >= 4 is 40.7 Å². The zero-order valence-electron chi connectivity index (χ0n) is 11.3. The summed E-state index contributed by atoms with van der Waals surface area (Å²) < 4.78 is 1.50. The molecular weight excluding hydrogens is 311 g/mol. The van der Waals surface area contributed by atoms with Gasteiger partial charge < -0.3 is 11.1 Å². The fraction of sp³-hybridized carbons (Fsp3) is 0.143. The van der Waals surface area contributed by atoms with Crippen molar-refractivity contribution in [2.45, 2.75) is 6.54 Å². The molecule has 0 fully saturated rings. The van der Waals surface area contributed by atoms with Crippen molar-refractivity contribution < 1.29 is 4.79 Å². The Kier molecular flexibility index (Phi) is 4.88. The number of anilines is 2. The summed E-state index contributed by atoms with van der Waals surface area (Å²) in [5.74, 6) is -0.559. The van der Waals surface area contributed by atoms with Gasteiger partial charge in [0.25, 0.3) is 5.91 Å². The zero-order valence-corrected chi connectivity index (χ0v) is 12.8. The molecule has 0 bridgehead atoms. The van der Waals surface area contributed by atoms with Crippen molar-refractivity contribution in [3.05, 3.63) is 52.8 Å². The van der Waals surface area contributed by atoms with E-state index in [-0.39, 0.29) is 5.15 Å². The summed E-state index contributed by atoms with van der Waals surface area (Å²) in [6.45, 7) is 0.499. The highest BCUT2D eigenvalue weighted by atomic mass is 35.5. The molecule has 0 radical (unpaired) electrons. The summed E-state index contributed by atoms with van der Waals surface area (Å²) in [6.07, 6.45) is 1.36. The topological polar surface area (TPSA) is 71.2 Å². The number of carbonyl (C=O) groups excluding carboxylic acids is 1. The molecule has 1 aromatic heterocycles. The van der Waals surface area contributed by atoms with Crippen LogP contribution in [0.3, 0.4) is 0 Å². The maximum absolute atomic E-state index is 11.4. The number of hydrogen-bond acceptors (Lipinski definition) is 4. The molecule has 0 unspecified atom stereocenters. The lowest BCUT2D eigenvalue weighted by Gasteiger charge is -2.13. The molecule has 5 nitrogen and oxygen atoms in total. The monoisotopic (exact) mass is 324 g/mol. The van der Waals surface area contributed by atoms with Gasteiger partial charge in [-0.1, -0.05) is 23.7 Å². The third kappa shape index (κ3) is 4.00. The van der Waals surface area contributed by atoms with Crippen LogP contribution in [0.15, 0.2) is 36.5 Å². The Labute approximate surface area is 132 Å². The number of nitrogens with zero attached hydrogens (tertiary/aromatic N) is 2. The van der Waals surface area contributed by atoms with E-state index < -0.39 is 5.91 Å². The summed E-state index contributed by atoms with van der Waals surface area (Å²) >= 11 is 11.7. The fourth-order valence-corrected chi connectivity index (χ4v) is 2.09. The van der Waals surface area contributed by atoms with Crippen molar-refractivity contribution in [2.75, 3.05) is 16.8 Å². The van der Waals surface area contributed by atoms with Crippen LogP contribution in [0.1, 0.15) is 15.9 Å². The van der Waals surface area contributed by atoms with Crippen molar-refractivity contribution in [3.8, 4) is 0 Å². The zero-order chi connectivity index (χ0) is 15.4. The molecule has 1 heterocycles. The van der Waals surface area contributed by atoms with E-state index in [1.54, 1.807) is 13.1 Å². The standard InChI is InChI=1S/C14H14Cl2N4O/c1-20(16)10-4-2-3-9(5-10)7-18-12-6-13(15)19-8-11(12)14(17)21/h2-6,8H,7H2,1H3,(H2,17,21)(H,18,19). The lowest BCUT2D eigenvalue weighted by molar-refractivity contribution is 0.100. The molecule has 0 spiro atoms. The predicted octanol–water partition coefficient (Wildman–Crippen LogP) is 3.04. The lowest BCUT2D eigenvalue weighted by Crippen LogP contribution is -2.15. The molecule has 1 amide bonds. The number of nitrogens with two attached hydrogens (primary N) is 1. The summed E-state index contributed by atoms with van der Waals surface area (Å²) in [6, 6.07) is 9.25. The molecule has 0 aliphatic rings. The van der Waals surface area contributed by atoms with Crippen LogP contribution in [-0.4, -0.2) is 17.9 Å². The molecule has 3 N–H and O–H groups in total. The first-order chi connectivity index (χ1) is 9.97. The molecule has 0 atom stereocenters. The van der Waals surface area contributed by atoms with Crippen LogP contribution < -0.4 is 15.5 Å². The second kappa shape index (κ2) is 6.65. The number of rotatable bonds is 5. The summed E-state index contributed by atoms with van der Waals surface area (Å²) in [4.78, 5) is 15.2. The van der Waals surface area contributed by atoms with Crippen LogP contribution in [0.25, 0.3) is 0 Å². The van der Waals surface area contributed by atoms with Crippen LogP contribution in [-0.2, 0) is 6.54 Å². The largest absolute Gasteiger partial charge is 0.380 e. The second-order valence-corrected chi connectivity index (χ2v) is 5.31. The van der Waals surface area contributed by atoms with E-state index in [0.29, 0.717) is 17.8 Å².